The Bertz CT molecular complexity index is 1040. The molecule has 9 heteroatoms. The lowest BCUT2D eigenvalue weighted by Crippen LogP contribution is -2.34. The van der Waals surface area contributed by atoms with E-state index in [0.717, 1.165) is 30.9 Å². The molecule has 0 aromatic heterocycles. The molecule has 0 heterocycles. The van der Waals surface area contributed by atoms with Crippen molar-refractivity contribution in [3.63, 3.8) is 0 Å². The summed E-state index contributed by atoms with van der Waals surface area (Å²) in [5.41, 5.74) is 2.14. The molecule has 3 N–H and O–H groups in total. The average molecular weight is 418 g/mol. The molecule has 0 unspecified atom stereocenters. The summed E-state index contributed by atoms with van der Waals surface area (Å²) in [7, 11) is -2.68. The first-order chi connectivity index (χ1) is 13.8. The van der Waals surface area contributed by atoms with Crippen LogP contribution in [0.2, 0.25) is 0 Å². The van der Waals surface area contributed by atoms with Gasteiger partial charge in [0.25, 0.3) is 5.91 Å². The highest BCUT2D eigenvalue weighted by atomic mass is 32.2. The van der Waals surface area contributed by atoms with Gasteiger partial charge < -0.3 is 14.8 Å². The fourth-order valence-corrected chi connectivity index (χ4v) is 3.91. The van der Waals surface area contributed by atoms with Crippen molar-refractivity contribution in [2.75, 3.05) is 13.7 Å². The fourth-order valence-electron chi connectivity index (χ4n) is 3.37. The van der Waals surface area contributed by atoms with E-state index in [4.69, 9.17) is 14.6 Å². The van der Waals surface area contributed by atoms with Gasteiger partial charge in [0.1, 0.15) is 11.3 Å². The fraction of sp³-hybridized carbons (Fsp3) is 0.300. The SMILES string of the molecule is COc1ccc(S(N)(=O)=O)cc1C(=O)OCC(=O)N[C@@H]1CCCc2ccccc21. The number of carbonyl (C=O) groups excluding carboxylic acids is 2. The molecular weight excluding hydrogens is 396 g/mol. The largest absolute Gasteiger partial charge is 0.496 e. The average Bonchev–Trinajstić information content (AvgIpc) is 2.71. The van der Waals surface area contributed by atoms with Crippen molar-refractivity contribution >= 4 is 21.9 Å². The molecular formula is C20H22N2O6S. The second kappa shape index (κ2) is 8.62. The Kier molecular flexibility index (Phi) is 6.19. The highest BCUT2D eigenvalue weighted by molar-refractivity contribution is 7.89. The Morgan fingerprint density at radius 3 is 2.69 bits per heavy atom. The van der Waals surface area contributed by atoms with Gasteiger partial charge in [-0.3, -0.25) is 4.79 Å². The van der Waals surface area contributed by atoms with E-state index in [9.17, 15) is 18.0 Å². The second-order valence-corrected chi connectivity index (χ2v) is 8.26. The Morgan fingerprint density at radius 2 is 1.97 bits per heavy atom. The molecule has 1 amide bonds. The minimum atomic E-state index is -4.01. The third-order valence-corrected chi connectivity index (χ3v) is 5.67. The molecule has 0 spiro atoms. The number of esters is 1. The quantitative estimate of drug-likeness (QED) is 0.688. The summed E-state index contributed by atoms with van der Waals surface area (Å²) in [5, 5.41) is 7.98. The van der Waals surface area contributed by atoms with Crippen molar-refractivity contribution < 1.29 is 27.5 Å². The van der Waals surface area contributed by atoms with Crippen molar-refractivity contribution in [2.24, 2.45) is 5.14 Å². The van der Waals surface area contributed by atoms with Gasteiger partial charge in [0.15, 0.2) is 6.61 Å². The van der Waals surface area contributed by atoms with Crippen molar-refractivity contribution in [3.8, 4) is 5.75 Å². The number of sulfonamides is 1. The minimum Gasteiger partial charge on any atom is -0.496 e. The van der Waals surface area contributed by atoms with Gasteiger partial charge in [-0.25, -0.2) is 18.4 Å². The Labute approximate surface area is 169 Å². The zero-order chi connectivity index (χ0) is 21.0. The first-order valence-corrected chi connectivity index (χ1v) is 10.6. The van der Waals surface area contributed by atoms with E-state index in [0.29, 0.717) is 0 Å². The van der Waals surface area contributed by atoms with Gasteiger partial charge in [0.05, 0.1) is 18.0 Å². The molecule has 2 aromatic carbocycles. The maximum absolute atomic E-state index is 12.4. The van der Waals surface area contributed by atoms with Crippen LogP contribution in [0.25, 0.3) is 0 Å². The normalized spacial score (nSPS) is 15.9. The number of benzene rings is 2. The standard InChI is InChI=1S/C20H22N2O6S/c1-27-18-10-9-14(29(21,25)26)11-16(18)20(24)28-12-19(23)22-17-8-4-6-13-5-2-3-7-15(13)17/h2-3,5,7,9-11,17H,4,6,8,12H2,1H3,(H,22,23)(H2,21,25,26)/t17-/m1/s1. The van der Waals surface area contributed by atoms with E-state index >= 15 is 0 Å². The Hall–Kier alpha value is -2.91. The van der Waals surface area contributed by atoms with Crippen molar-refractivity contribution in [1.82, 2.24) is 5.32 Å². The highest BCUT2D eigenvalue weighted by Gasteiger charge is 2.23. The van der Waals surface area contributed by atoms with Crippen molar-refractivity contribution in [2.45, 2.75) is 30.2 Å². The lowest BCUT2D eigenvalue weighted by Gasteiger charge is -2.26. The molecule has 1 atom stereocenters. The van der Waals surface area contributed by atoms with Crippen LogP contribution in [0.3, 0.4) is 0 Å². The molecule has 0 fully saturated rings. The predicted molar refractivity (Wildman–Crippen MR) is 105 cm³/mol. The highest BCUT2D eigenvalue weighted by Crippen LogP contribution is 2.29. The summed E-state index contributed by atoms with van der Waals surface area (Å²) in [6.07, 6.45) is 2.73. The second-order valence-electron chi connectivity index (χ2n) is 6.69. The smallest absolute Gasteiger partial charge is 0.342 e. The molecule has 29 heavy (non-hydrogen) atoms. The summed E-state index contributed by atoms with van der Waals surface area (Å²) in [4.78, 5) is 24.4. The summed E-state index contributed by atoms with van der Waals surface area (Å²) >= 11 is 0. The van der Waals surface area contributed by atoms with Crippen LogP contribution in [0.4, 0.5) is 0 Å². The van der Waals surface area contributed by atoms with Crippen molar-refractivity contribution in [3.05, 3.63) is 59.2 Å². The molecule has 0 bridgehead atoms. The maximum atomic E-state index is 12.4. The van der Waals surface area contributed by atoms with E-state index in [2.05, 4.69) is 5.32 Å². The number of rotatable bonds is 6. The van der Waals surface area contributed by atoms with Crippen LogP contribution < -0.4 is 15.2 Å². The molecule has 3 rings (SSSR count). The predicted octanol–water partition coefficient (Wildman–Crippen LogP) is 1.69. The van der Waals surface area contributed by atoms with Crippen LogP contribution in [0.5, 0.6) is 5.75 Å². The number of primary sulfonamides is 1. The summed E-state index contributed by atoms with van der Waals surface area (Å²) < 4.78 is 33.2. The van der Waals surface area contributed by atoms with Gasteiger partial charge in [-0.1, -0.05) is 24.3 Å². The van der Waals surface area contributed by atoms with Crippen LogP contribution in [0.1, 0.15) is 40.4 Å². The number of hydrogen-bond acceptors (Lipinski definition) is 6. The van der Waals surface area contributed by atoms with E-state index in [1.54, 1.807) is 0 Å². The first kappa shape index (κ1) is 20.8. The number of methoxy groups -OCH3 is 1. The van der Waals surface area contributed by atoms with Crippen LogP contribution in [0, 0.1) is 0 Å². The number of ether oxygens (including phenoxy) is 2. The number of aryl methyl sites for hydroxylation is 1. The molecule has 1 aliphatic rings. The summed E-state index contributed by atoms with van der Waals surface area (Å²) in [6, 6.07) is 11.4. The molecule has 0 radical (unpaired) electrons. The maximum Gasteiger partial charge on any atom is 0.342 e. The third-order valence-electron chi connectivity index (χ3n) is 4.76. The van der Waals surface area contributed by atoms with E-state index < -0.39 is 28.5 Å². The number of nitrogens with one attached hydrogen (secondary N) is 1. The molecule has 8 nitrogen and oxygen atoms in total. The number of hydrogen-bond donors (Lipinski definition) is 2. The summed E-state index contributed by atoms with van der Waals surface area (Å²) in [6.45, 7) is -0.500. The van der Waals surface area contributed by atoms with Crippen molar-refractivity contribution in [1.29, 1.82) is 0 Å². The molecule has 0 saturated heterocycles. The lowest BCUT2D eigenvalue weighted by atomic mass is 9.88. The summed E-state index contributed by atoms with van der Waals surface area (Å²) in [5.74, 6) is -1.21. The molecule has 1 aliphatic carbocycles. The van der Waals surface area contributed by atoms with Gasteiger partial charge in [-0.2, -0.15) is 0 Å². The molecule has 154 valence electrons. The molecule has 0 aliphatic heterocycles. The van der Waals surface area contributed by atoms with Gasteiger partial charge in [-0.15, -0.1) is 0 Å². The number of fused-ring (bicyclic) bond motifs is 1. The Morgan fingerprint density at radius 1 is 1.21 bits per heavy atom. The minimum absolute atomic E-state index is 0.115. The first-order valence-electron chi connectivity index (χ1n) is 9.04. The monoisotopic (exact) mass is 418 g/mol. The van der Waals surface area contributed by atoms with Crippen LogP contribution in [-0.4, -0.2) is 34.0 Å². The Balaban J connectivity index is 1.66. The molecule has 0 saturated carbocycles. The number of nitrogens with two attached hydrogens (primary N) is 1. The van der Waals surface area contributed by atoms with E-state index in [1.807, 2.05) is 24.3 Å². The van der Waals surface area contributed by atoms with Gasteiger partial charge in [0.2, 0.25) is 10.0 Å². The van der Waals surface area contributed by atoms with Crippen LogP contribution in [0.15, 0.2) is 47.4 Å². The molecule has 2 aromatic rings. The van der Waals surface area contributed by atoms with Crippen LogP contribution >= 0.6 is 0 Å². The zero-order valence-corrected chi connectivity index (χ0v) is 16.7. The number of carbonyl (C=O) groups is 2. The van der Waals surface area contributed by atoms with Gasteiger partial charge in [0, 0.05) is 0 Å². The zero-order valence-electron chi connectivity index (χ0n) is 15.9. The van der Waals surface area contributed by atoms with E-state index in [-0.39, 0.29) is 22.3 Å². The lowest BCUT2D eigenvalue weighted by molar-refractivity contribution is -0.125. The van der Waals surface area contributed by atoms with Gasteiger partial charge >= 0.3 is 5.97 Å². The van der Waals surface area contributed by atoms with E-state index in [1.165, 1.54) is 24.8 Å². The van der Waals surface area contributed by atoms with Crippen LogP contribution in [-0.2, 0) is 26.0 Å². The third kappa shape index (κ3) is 4.93. The number of amides is 1. The van der Waals surface area contributed by atoms with Gasteiger partial charge in [-0.05, 0) is 48.6 Å². The topological polar surface area (TPSA) is 125 Å².